The van der Waals surface area contributed by atoms with Gasteiger partial charge in [0.1, 0.15) is 6.29 Å². The molecule has 0 rings (SSSR count). The molecule has 52 heavy (non-hydrogen) atoms. The van der Waals surface area contributed by atoms with Crippen LogP contribution in [0.5, 0.6) is 0 Å². The van der Waals surface area contributed by atoms with Crippen LogP contribution < -0.4 is 0 Å². The molecular formula is C45H93NO5Si. The summed E-state index contributed by atoms with van der Waals surface area (Å²) in [5.74, 6) is -0.0224. The van der Waals surface area contributed by atoms with E-state index in [0.717, 1.165) is 71.2 Å². The first-order valence-corrected chi connectivity index (χ1v) is 26.3. The molecule has 0 spiro atoms. The van der Waals surface area contributed by atoms with Gasteiger partial charge in [-0.05, 0) is 77.2 Å². The lowest BCUT2D eigenvalue weighted by Gasteiger charge is -2.29. The molecule has 7 heteroatoms. The third-order valence-electron chi connectivity index (χ3n) is 10.6. The number of carbonyl (C=O) groups excluding carboxylic acids is 1. The Kier molecular flexibility index (Phi) is 39.8. The van der Waals surface area contributed by atoms with E-state index in [-0.39, 0.29) is 18.9 Å². The molecule has 6 nitrogen and oxygen atoms in total. The molecule has 0 aromatic heterocycles. The van der Waals surface area contributed by atoms with E-state index in [1.807, 2.05) is 0 Å². The monoisotopic (exact) mass is 756 g/mol. The molecular weight excluding hydrogens is 663 g/mol. The standard InChI is InChI=1S/C45H93NO5Si/c1-6-9-12-15-16-17-20-26-32-41-49-44(48)35-28-23-25-31-38-46(39-40-47)37-30-24-19-18-21-27-33-42-50-45(36-29-22-13-10-7-2)51-52(4,5)43-34-14-11-8-3/h45,47H,6-43H2,1-5H3. The van der Waals surface area contributed by atoms with Crippen molar-refractivity contribution in [2.45, 2.75) is 245 Å². The summed E-state index contributed by atoms with van der Waals surface area (Å²) < 4.78 is 18.5. The molecule has 0 aromatic carbocycles. The zero-order chi connectivity index (χ0) is 38.2. The zero-order valence-electron chi connectivity index (χ0n) is 36.0. The fraction of sp³-hybridized carbons (Fsp3) is 0.978. The zero-order valence-corrected chi connectivity index (χ0v) is 37.0. The predicted molar refractivity (Wildman–Crippen MR) is 228 cm³/mol. The minimum atomic E-state index is -1.69. The van der Waals surface area contributed by atoms with Gasteiger partial charge in [0.2, 0.25) is 0 Å². The molecule has 1 atom stereocenters. The normalized spacial score (nSPS) is 12.6. The van der Waals surface area contributed by atoms with Crippen molar-refractivity contribution in [3.05, 3.63) is 0 Å². The van der Waals surface area contributed by atoms with Crippen LogP contribution in [-0.2, 0) is 18.7 Å². The van der Waals surface area contributed by atoms with Crippen molar-refractivity contribution in [2.24, 2.45) is 0 Å². The number of esters is 1. The second kappa shape index (κ2) is 40.2. The summed E-state index contributed by atoms with van der Waals surface area (Å²) in [6.07, 6.45) is 37.9. The minimum absolute atomic E-state index is 0.000741. The maximum atomic E-state index is 12.1. The van der Waals surface area contributed by atoms with Crippen molar-refractivity contribution in [2.75, 3.05) is 39.5 Å². The maximum Gasteiger partial charge on any atom is 0.305 e. The van der Waals surface area contributed by atoms with E-state index in [0.29, 0.717) is 13.0 Å². The Morgan fingerprint density at radius 1 is 0.538 bits per heavy atom. The van der Waals surface area contributed by atoms with Crippen LogP contribution in [0, 0.1) is 0 Å². The quantitative estimate of drug-likeness (QED) is 0.0289. The number of hydrogen-bond donors (Lipinski definition) is 1. The van der Waals surface area contributed by atoms with Gasteiger partial charge in [0.15, 0.2) is 8.32 Å². The number of aliphatic hydroxyl groups excluding tert-OH is 1. The molecule has 0 amide bonds. The van der Waals surface area contributed by atoms with Crippen LogP contribution in [0.15, 0.2) is 0 Å². The van der Waals surface area contributed by atoms with E-state index in [4.69, 9.17) is 13.9 Å². The van der Waals surface area contributed by atoms with Gasteiger partial charge in [-0.1, -0.05) is 168 Å². The number of ether oxygens (including phenoxy) is 2. The van der Waals surface area contributed by atoms with Gasteiger partial charge >= 0.3 is 5.97 Å². The van der Waals surface area contributed by atoms with Gasteiger partial charge in [-0.2, -0.15) is 0 Å². The van der Waals surface area contributed by atoms with Crippen LogP contribution >= 0.6 is 0 Å². The Hall–Kier alpha value is -0.473. The van der Waals surface area contributed by atoms with E-state index in [1.165, 1.54) is 154 Å². The first kappa shape index (κ1) is 51.5. The Morgan fingerprint density at radius 2 is 0.981 bits per heavy atom. The van der Waals surface area contributed by atoms with E-state index in [2.05, 4.69) is 38.8 Å². The molecule has 0 saturated carbocycles. The number of carbonyl (C=O) groups is 1. The van der Waals surface area contributed by atoms with Crippen LogP contribution in [-0.4, -0.2) is 70.0 Å². The topological polar surface area (TPSA) is 68.2 Å². The molecule has 0 aliphatic carbocycles. The summed E-state index contributed by atoms with van der Waals surface area (Å²) >= 11 is 0. The van der Waals surface area contributed by atoms with Crippen molar-refractivity contribution in [3.63, 3.8) is 0 Å². The minimum Gasteiger partial charge on any atom is -0.466 e. The van der Waals surface area contributed by atoms with E-state index < -0.39 is 8.32 Å². The van der Waals surface area contributed by atoms with E-state index >= 15 is 0 Å². The molecule has 0 aliphatic heterocycles. The summed E-state index contributed by atoms with van der Waals surface area (Å²) in [6.45, 7) is 16.2. The number of nitrogens with zero attached hydrogens (tertiary/aromatic N) is 1. The van der Waals surface area contributed by atoms with Gasteiger partial charge in [0.05, 0.1) is 13.2 Å². The second-order valence-electron chi connectivity index (χ2n) is 16.4. The highest BCUT2D eigenvalue weighted by molar-refractivity contribution is 6.71. The van der Waals surface area contributed by atoms with Crippen molar-refractivity contribution < 1.29 is 23.8 Å². The smallest absolute Gasteiger partial charge is 0.305 e. The Bertz CT molecular complexity index is 724. The van der Waals surface area contributed by atoms with Gasteiger partial charge in [-0.15, -0.1) is 0 Å². The molecule has 0 radical (unpaired) electrons. The summed E-state index contributed by atoms with van der Waals surface area (Å²) in [5.41, 5.74) is 0. The van der Waals surface area contributed by atoms with Crippen molar-refractivity contribution >= 4 is 14.3 Å². The lowest BCUT2D eigenvalue weighted by atomic mass is 10.1. The highest BCUT2D eigenvalue weighted by atomic mass is 28.4. The lowest BCUT2D eigenvalue weighted by molar-refractivity contribution is -0.143. The maximum absolute atomic E-state index is 12.1. The molecule has 312 valence electrons. The first-order valence-electron chi connectivity index (χ1n) is 23.2. The first-order chi connectivity index (χ1) is 25.4. The van der Waals surface area contributed by atoms with E-state index in [9.17, 15) is 9.90 Å². The SMILES string of the molecule is CCCCCCCCCCCOC(=O)CCCCCCN(CCO)CCCCCCCCCOC(CCCCCCC)O[Si](C)(C)CCCCCC. The Balaban J connectivity index is 3.91. The highest BCUT2D eigenvalue weighted by Gasteiger charge is 2.26. The molecule has 0 aromatic rings. The third-order valence-corrected chi connectivity index (χ3v) is 13.0. The molecule has 0 saturated heterocycles. The lowest BCUT2D eigenvalue weighted by Crippen LogP contribution is -2.36. The number of hydrogen-bond acceptors (Lipinski definition) is 6. The molecule has 1 unspecified atom stereocenters. The average molecular weight is 756 g/mol. The van der Waals surface area contributed by atoms with E-state index in [1.54, 1.807) is 0 Å². The van der Waals surface area contributed by atoms with Crippen LogP contribution in [0.3, 0.4) is 0 Å². The summed E-state index contributed by atoms with van der Waals surface area (Å²) in [7, 11) is -1.69. The summed E-state index contributed by atoms with van der Waals surface area (Å²) in [5, 5.41) is 9.56. The van der Waals surface area contributed by atoms with Crippen molar-refractivity contribution in [1.29, 1.82) is 0 Å². The number of unbranched alkanes of at least 4 members (excludes halogenated alkanes) is 24. The molecule has 0 aliphatic rings. The fourth-order valence-corrected chi connectivity index (χ4v) is 9.24. The Labute approximate surface area is 326 Å². The van der Waals surface area contributed by atoms with Crippen LogP contribution in [0.4, 0.5) is 0 Å². The summed E-state index contributed by atoms with van der Waals surface area (Å²) in [6, 6.07) is 1.25. The number of aliphatic hydroxyl groups is 1. The molecule has 0 bridgehead atoms. The third kappa shape index (κ3) is 37.8. The van der Waals surface area contributed by atoms with Gasteiger partial charge < -0.3 is 23.9 Å². The van der Waals surface area contributed by atoms with Gasteiger partial charge in [-0.25, -0.2) is 0 Å². The molecule has 1 N–H and O–H groups in total. The van der Waals surface area contributed by atoms with Crippen LogP contribution in [0.1, 0.15) is 220 Å². The molecule has 0 heterocycles. The van der Waals surface area contributed by atoms with Crippen molar-refractivity contribution in [1.82, 2.24) is 4.90 Å². The predicted octanol–water partition coefficient (Wildman–Crippen LogP) is 13.5. The largest absolute Gasteiger partial charge is 0.466 e. The average Bonchev–Trinajstić information content (AvgIpc) is 3.12. The fourth-order valence-electron chi connectivity index (χ4n) is 7.13. The second-order valence-corrected chi connectivity index (χ2v) is 20.7. The van der Waals surface area contributed by atoms with Gasteiger partial charge in [0.25, 0.3) is 0 Å². The van der Waals surface area contributed by atoms with Crippen LogP contribution in [0.2, 0.25) is 19.1 Å². The highest BCUT2D eigenvalue weighted by Crippen LogP contribution is 2.22. The van der Waals surface area contributed by atoms with Gasteiger partial charge in [-0.3, -0.25) is 4.79 Å². The molecule has 0 fully saturated rings. The van der Waals surface area contributed by atoms with Crippen LogP contribution in [0.25, 0.3) is 0 Å². The summed E-state index contributed by atoms with van der Waals surface area (Å²) in [4.78, 5) is 14.5. The Morgan fingerprint density at radius 3 is 1.52 bits per heavy atom. The van der Waals surface area contributed by atoms with Gasteiger partial charge in [0, 0.05) is 19.6 Å². The number of rotatable bonds is 43. The van der Waals surface area contributed by atoms with Crippen molar-refractivity contribution in [3.8, 4) is 0 Å².